The van der Waals surface area contributed by atoms with Crippen molar-refractivity contribution in [1.82, 2.24) is 4.90 Å². The molecule has 0 spiro atoms. The minimum Gasteiger partial charge on any atom is -0.486 e. The van der Waals surface area contributed by atoms with Gasteiger partial charge in [0.1, 0.15) is 13.2 Å². The third-order valence-corrected chi connectivity index (χ3v) is 4.13. The fraction of sp³-hybridized carbons (Fsp3) is 0.538. The molecule has 3 rings (SSSR count). The van der Waals surface area contributed by atoms with Crippen LogP contribution in [0.3, 0.4) is 0 Å². The molecule has 0 bridgehead atoms. The quantitative estimate of drug-likeness (QED) is 0.921. The zero-order valence-corrected chi connectivity index (χ0v) is 11.6. The summed E-state index contributed by atoms with van der Waals surface area (Å²) in [5.74, 6) is 2.09. The summed E-state index contributed by atoms with van der Waals surface area (Å²) in [6.45, 7) is 4.34. The maximum atomic E-state index is 9.01. The van der Waals surface area contributed by atoms with Crippen LogP contribution in [0.25, 0.3) is 0 Å². The van der Waals surface area contributed by atoms with Gasteiger partial charge in [0.2, 0.25) is 0 Å². The Morgan fingerprint density at radius 2 is 1.89 bits per heavy atom. The van der Waals surface area contributed by atoms with Crippen molar-refractivity contribution in [3.8, 4) is 11.5 Å². The molecule has 2 heterocycles. The molecule has 1 fully saturated rings. The van der Waals surface area contributed by atoms with Crippen LogP contribution in [-0.2, 0) is 6.54 Å². The predicted octanol–water partition coefficient (Wildman–Crippen LogP) is 1.64. The van der Waals surface area contributed by atoms with Crippen LogP contribution in [-0.4, -0.2) is 42.9 Å². The Bertz CT molecular complexity index is 446. The lowest BCUT2D eigenvalue weighted by Crippen LogP contribution is -2.47. The van der Waals surface area contributed by atoms with Crippen molar-refractivity contribution in [1.29, 1.82) is 0 Å². The zero-order chi connectivity index (χ0) is 12.5. The lowest BCUT2D eigenvalue weighted by Gasteiger charge is -2.38. The zero-order valence-electron chi connectivity index (χ0n) is 10.1. The lowest BCUT2D eigenvalue weighted by molar-refractivity contribution is 0.0476. The number of fused-ring (bicyclic) bond motifs is 1. The van der Waals surface area contributed by atoms with Gasteiger partial charge in [-0.05, 0) is 17.7 Å². The summed E-state index contributed by atoms with van der Waals surface area (Å²) in [7, 11) is 0. The van der Waals surface area contributed by atoms with E-state index >= 15 is 0 Å². The molecule has 1 saturated heterocycles. The Morgan fingerprint density at radius 1 is 1.22 bits per heavy atom. The van der Waals surface area contributed by atoms with Gasteiger partial charge in [0.25, 0.3) is 0 Å². The molecule has 2 aliphatic heterocycles. The first-order valence-electron chi connectivity index (χ1n) is 6.17. The maximum Gasteiger partial charge on any atom is 0.162 e. The molecule has 18 heavy (non-hydrogen) atoms. The Balaban J connectivity index is 1.72. The molecule has 1 aromatic carbocycles. The molecule has 5 heteroatoms. The van der Waals surface area contributed by atoms with Crippen molar-refractivity contribution in [2.45, 2.75) is 6.54 Å². The number of aliphatic hydroxyl groups is 1. The second-order valence-electron chi connectivity index (χ2n) is 4.83. The summed E-state index contributed by atoms with van der Waals surface area (Å²) in [6.07, 6.45) is 0. The molecule has 1 aromatic rings. The van der Waals surface area contributed by atoms with E-state index in [9.17, 15) is 0 Å². The highest BCUT2D eigenvalue weighted by molar-refractivity contribution is 9.10. The normalized spacial score (nSPS) is 19.7. The van der Waals surface area contributed by atoms with Gasteiger partial charge in [-0.15, -0.1) is 0 Å². The van der Waals surface area contributed by atoms with Gasteiger partial charge in [-0.25, -0.2) is 0 Å². The Hall–Kier alpha value is -0.780. The van der Waals surface area contributed by atoms with Crippen molar-refractivity contribution in [2.75, 3.05) is 32.9 Å². The monoisotopic (exact) mass is 313 g/mol. The third kappa shape index (κ3) is 2.35. The Labute approximate surface area is 115 Å². The topological polar surface area (TPSA) is 41.9 Å². The number of aliphatic hydroxyl groups excluding tert-OH is 1. The summed E-state index contributed by atoms with van der Waals surface area (Å²) >= 11 is 3.58. The lowest BCUT2D eigenvalue weighted by atomic mass is 10.0. The third-order valence-electron chi connectivity index (χ3n) is 3.40. The van der Waals surface area contributed by atoms with Crippen LogP contribution in [0.15, 0.2) is 16.6 Å². The van der Waals surface area contributed by atoms with Crippen LogP contribution < -0.4 is 9.47 Å². The summed E-state index contributed by atoms with van der Waals surface area (Å²) in [5, 5.41) is 9.01. The fourth-order valence-electron chi connectivity index (χ4n) is 2.39. The number of benzene rings is 1. The number of hydrogen-bond acceptors (Lipinski definition) is 4. The van der Waals surface area contributed by atoms with E-state index < -0.39 is 0 Å². The molecule has 98 valence electrons. The number of rotatable bonds is 3. The summed E-state index contributed by atoms with van der Waals surface area (Å²) in [6, 6.07) is 4.03. The van der Waals surface area contributed by atoms with Gasteiger partial charge in [-0.3, -0.25) is 4.90 Å². The Morgan fingerprint density at radius 3 is 2.56 bits per heavy atom. The van der Waals surface area contributed by atoms with Crippen LogP contribution in [0.5, 0.6) is 11.5 Å². The second-order valence-corrected chi connectivity index (χ2v) is 5.68. The van der Waals surface area contributed by atoms with E-state index in [1.54, 1.807) is 0 Å². The van der Waals surface area contributed by atoms with E-state index in [0.717, 1.165) is 35.6 Å². The van der Waals surface area contributed by atoms with Crippen molar-refractivity contribution >= 4 is 15.9 Å². The molecular formula is C13H16BrNO3. The molecule has 0 aliphatic carbocycles. The van der Waals surface area contributed by atoms with E-state index in [1.165, 1.54) is 5.56 Å². The average molecular weight is 314 g/mol. The first kappa shape index (κ1) is 12.3. The van der Waals surface area contributed by atoms with Gasteiger partial charge in [-0.1, -0.05) is 15.9 Å². The minimum absolute atomic E-state index is 0.290. The van der Waals surface area contributed by atoms with Gasteiger partial charge < -0.3 is 14.6 Å². The molecule has 4 nitrogen and oxygen atoms in total. The molecule has 0 aromatic heterocycles. The number of halogens is 1. The molecule has 0 amide bonds. The summed E-state index contributed by atoms with van der Waals surface area (Å²) < 4.78 is 12.2. The number of likely N-dealkylation sites (tertiary alicyclic amines) is 1. The van der Waals surface area contributed by atoms with Crippen LogP contribution >= 0.6 is 15.9 Å². The van der Waals surface area contributed by atoms with E-state index in [1.807, 2.05) is 12.1 Å². The second kappa shape index (κ2) is 5.07. The van der Waals surface area contributed by atoms with Gasteiger partial charge in [0.05, 0.1) is 0 Å². The van der Waals surface area contributed by atoms with E-state index in [2.05, 4.69) is 20.8 Å². The highest BCUT2D eigenvalue weighted by Gasteiger charge is 2.26. The molecule has 0 unspecified atom stereocenters. The summed E-state index contributed by atoms with van der Waals surface area (Å²) in [5.41, 5.74) is 1.20. The standard InChI is InChI=1S/C13H16BrNO3/c14-11-4-13-12(17-1-2-18-13)3-10(11)7-15-5-9(6-15)8-16/h3-4,9,16H,1-2,5-8H2. The molecule has 0 radical (unpaired) electrons. The fourth-order valence-corrected chi connectivity index (χ4v) is 2.84. The molecule has 0 atom stereocenters. The number of ether oxygens (including phenoxy) is 2. The van der Waals surface area contributed by atoms with Gasteiger partial charge in [-0.2, -0.15) is 0 Å². The highest BCUT2D eigenvalue weighted by Crippen LogP contribution is 2.36. The van der Waals surface area contributed by atoms with Crippen LogP contribution in [0, 0.1) is 5.92 Å². The smallest absolute Gasteiger partial charge is 0.162 e. The Kier molecular flexibility index (Phi) is 3.46. The SMILES string of the molecule is OCC1CN(Cc2cc3c(cc2Br)OCCO3)C1. The summed E-state index contributed by atoms with van der Waals surface area (Å²) in [4.78, 5) is 2.32. The maximum absolute atomic E-state index is 9.01. The molecular weight excluding hydrogens is 298 g/mol. The highest BCUT2D eigenvalue weighted by atomic mass is 79.9. The number of hydrogen-bond donors (Lipinski definition) is 1. The van der Waals surface area contributed by atoms with Crippen molar-refractivity contribution in [3.05, 3.63) is 22.2 Å². The largest absolute Gasteiger partial charge is 0.486 e. The van der Waals surface area contributed by atoms with E-state index in [-0.39, 0.29) is 0 Å². The van der Waals surface area contributed by atoms with Gasteiger partial charge >= 0.3 is 0 Å². The van der Waals surface area contributed by atoms with Crippen molar-refractivity contribution in [2.24, 2.45) is 5.92 Å². The first-order chi connectivity index (χ1) is 8.76. The molecule has 1 N–H and O–H groups in total. The van der Waals surface area contributed by atoms with Gasteiger partial charge in [0.15, 0.2) is 11.5 Å². The minimum atomic E-state index is 0.290. The predicted molar refractivity (Wildman–Crippen MR) is 71.0 cm³/mol. The van der Waals surface area contributed by atoms with Gasteiger partial charge in [0, 0.05) is 36.6 Å². The van der Waals surface area contributed by atoms with Crippen molar-refractivity contribution in [3.63, 3.8) is 0 Å². The molecule has 2 aliphatic rings. The van der Waals surface area contributed by atoms with Crippen LogP contribution in [0.1, 0.15) is 5.56 Å². The average Bonchev–Trinajstić information content (AvgIpc) is 2.33. The van der Waals surface area contributed by atoms with E-state index in [0.29, 0.717) is 25.7 Å². The number of nitrogens with zero attached hydrogens (tertiary/aromatic N) is 1. The van der Waals surface area contributed by atoms with Crippen LogP contribution in [0.2, 0.25) is 0 Å². The van der Waals surface area contributed by atoms with E-state index in [4.69, 9.17) is 14.6 Å². The van der Waals surface area contributed by atoms with Crippen LogP contribution in [0.4, 0.5) is 0 Å². The first-order valence-corrected chi connectivity index (χ1v) is 6.97. The molecule has 0 saturated carbocycles. The van der Waals surface area contributed by atoms with Crippen molar-refractivity contribution < 1.29 is 14.6 Å².